The Labute approximate surface area is 145 Å². The first-order valence-corrected chi connectivity index (χ1v) is 10.1. The van der Waals surface area contributed by atoms with Crippen LogP contribution in [-0.4, -0.2) is 40.7 Å². The van der Waals surface area contributed by atoms with Gasteiger partial charge >= 0.3 is 7.60 Å². The number of rotatable bonds is 8. The van der Waals surface area contributed by atoms with E-state index in [1.807, 2.05) is 0 Å². The lowest BCUT2D eigenvalue weighted by Crippen LogP contribution is -2.27. The fourth-order valence-electron chi connectivity index (χ4n) is 3.01. The normalized spacial score (nSPS) is 21.2. The molecule has 0 amide bonds. The smallest absolute Gasteiger partial charge is 0.355 e. The van der Waals surface area contributed by atoms with Gasteiger partial charge in [-0.3, -0.25) is 14.7 Å². The summed E-state index contributed by atoms with van der Waals surface area (Å²) in [6.07, 6.45) is 4.40. The summed E-state index contributed by atoms with van der Waals surface area (Å²) in [5.74, 6) is 0. The van der Waals surface area contributed by atoms with Crippen molar-refractivity contribution in [1.82, 2.24) is 20.3 Å². The van der Waals surface area contributed by atoms with Gasteiger partial charge in [-0.2, -0.15) is 0 Å². The van der Waals surface area contributed by atoms with Crippen LogP contribution in [0.4, 0.5) is 0 Å². The Balaban J connectivity index is 1.64. The SMILES string of the molecule is CCOP(=O)(CO[C@@H]1CC[C@H](c2c[nH]c3c(=O)[nH]cnc23)N1)OCC. The Morgan fingerprint density at radius 2 is 2.00 bits per heavy atom. The molecule has 10 heteroatoms. The zero-order valence-corrected chi connectivity index (χ0v) is 15.2. The van der Waals surface area contributed by atoms with Crippen molar-refractivity contribution in [3.8, 4) is 0 Å². The summed E-state index contributed by atoms with van der Waals surface area (Å²) in [5.41, 5.74) is 1.83. The number of nitrogens with zero attached hydrogens (tertiary/aromatic N) is 1. The number of nitrogens with one attached hydrogen (secondary N) is 3. The molecule has 3 N–H and O–H groups in total. The predicted molar refractivity (Wildman–Crippen MR) is 92.4 cm³/mol. The van der Waals surface area contributed by atoms with E-state index in [9.17, 15) is 9.36 Å². The number of aromatic amines is 2. The van der Waals surface area contributed by atoms with E-state index in [1.54, 1.807) is 20.0 Å². The molecule has 3 heterocycles. The summed E-state index contributed by atoms with van der Waals surface area (Å²) in [6.45, 7) is 4.14. The lowest BCUT2D eigenvalue weighted by molar-refractivity contribution is 0.0536. The van der Waals surface area contributed by atoms with Crippen molar-refractivity contribution in [2.45, 2.75) is 39.0 Å². The molecule has 138 valence electrons. The topological polar surface area (TPSA) is 118 Å². The molecule has 1 aliphatic heterocycles. The number of hydrogen-bond donors (Lipinski definition) is 3. The molecule has 0 saturated carbocycles. The van der Waals surface area contributed by atoms with E-state index in [1.165, 1.54) is 6.33 Å². The van der Waals surface area contributed by atoms with Crippen LogP contribution in [0.3, 0.4) is 0 Å². The lowest BCUT2D eigenvalue weighted by atomic mass is 10.1. The minimum atomic E-state index is -3.22. The van der Waals surface area contributed by atoms with Crippen LogP contribution in [0.25, 0.3) is 11.0 Å². The van der Waals surface area contributed by atoms with Gasteiger partial charge in [0.1, 0.15) is 17.3 Å². The van der Waals surface area contributed by atoms with Gasteiger partial charge in [0.25, 0.3) is 5.56 Å². The lowest BCUT2D eigenvalue weighted by Gasteiger charge is -2.20. The molecule has 1 aliphatic rings. The molecule has 2 aromatic rings. The Kier molecular flexibility index (Phi) is 5.71. The van der Waals surface area contributed by atoms with Crippen LogP contribution in [0.2, 0.25) is 0 Å². The number of H-pyrrole nitrogens is 2. The highest BCUT2D eigenvalue weighted by molar-refractivity contribution is 7.53. The number of ether oxygens (including phenoxy) is 1. The average Bonchev–Trinajstić information content (AvgIpc) is 3.20. The largest absolute Gasteiger partial charge is 0.356 e. The Morgan fingerprint density at radius 3 is 2.72 bits per heavy atom. The van der Waals surface area contributed by atoms with Gasteiger partial charge in [-0.1, -0.05) is 0 Å². The second-order valence-corrected chi connectivity index (χ2v) is 7.72. The van der Waals surface area contributed by atoms with Crippen LogP contribution in [0, 0.1) is 0 Å². The molecule has 2 atom stereocenters. The number of hydrogen-bond acceptors (Lipinski definition) is 7. The second-order valence-electron chi connectivity index (χ2n) is 5.73. The molecule has 25 heavy (non-hydrogen) atoms. The van der Waals surface area contributed by atoms with Gasteiger partial charge in [-0.15, -0.1) is 0 Å². The highest BCUT2D eigenvalue weighted by atomic mass is 31.2. The summed E-state index contributed by atoms with van der Waals surface area (Å²) >= 11 is 0. The molecule has 0 spiro atoms. The van der Waals surface area contributed by atoms with Crippen LogP contribution in [0.1, 0.15) is 38.3 Å². The molecule has 0 unspecified atom stereocenters. The number of aromatic nitrogens is 3. The van der Waals surface area contributed by atoms with Crippen molar-refractivity contribution < 1.29 is 18.3 Å². The minimum absolute atomic E-state index is 0.00613. The third-order valence-corrected chi connectivity index (χ3v) is 5.83. The van der Waals surface area contributed by atoms with Crippen LogP contribution < -0.4 is 10.9 Å². The standard InChI is InChI=1S/C15H23N4O5P/c1-3-23-25(21,24-4-2)9-22-12-6-5-11(19-12)10-7-16-14-13(10)17-8-18-15(14)20/h7-8,11-12,16,19H,3-6,9H2,1-2H3,(H,17,18,20)/t11-,12-/m1/s1. The van der Waals surface area contributed by atoms with Crippen molar-refractivity contribution in [1.29, 1.82) is 0 Å². The maximum absolute atomic E-state index is 12.4. The van der Waals surface area contributed by atoms with Crippen molar-refractivity contribution in [2.75, 3.05) is 19.6 Å². The molecular formula is C15H23N4O5P. The molecule has 0 bridgehead atoms. The average molecular weight is 370 g/mol. The summed E-state index contributed by atoms with van der Waals surface area (Å²) in [6, 6.07) is 0.00613. The zero-order chi connectivity index (χ0) is 17.9. The van der Waals surface area contributed by atoms with Crippen LogP contribution in [0.5, 0.6) is 0 Å². The van der Waals surface area contributed by atoms with E-state index in [0.29, 0.717) is 24.2 Å². The summed E-state index contributed by atoms with van der Waals surface area (Å²) in [5, 5.41) is 3.34. The van der Waals surface area contributed by atoms with Crippen LogP contribution in [0.15, 0.2) is 17.3 Å². The highest BCUT2D eigenvalue weighted by Crippen LogP contribution is 2.48. The van der Waals surface area contributed by atoms with E-state index in [4.69, 9.17) is 13.8 Å². The highest BCUT2D eigenvalue weighted by Gasteiger charge is 2.31. The molecule has 0 radical (unpaired) electrons. The van der Waals surface area contributed by atoms with Crippen molar-refractivity contribution >= 4 is 18.6 Å². The van der Waals surface area contributed by atoms with Crippen molar-refractivity contribution in [3.05, 3.63) is 28.4 Å². The van der Waals surface area contributed by atoms with Gasteiger partial charge in [-0.25, -0.2) is 4.98 Å². The summed E-state index contributed by atoms with van der Waals surface area (Å²) in [4.78, 5) is 21.5. The van der Waals surface area contributed by atoms with Crippen molar-refractivity contribution in [3.63, 3.8) is 0 Å². The van der Waals surface area contributed by atoms with Crippen LogP contribution >= 0.6 is 7.60 Å². The predicted octanol–water partition coefficient (Wildman–Crippen LogP) is 2.24. The van der Waals surface area contributed by atoms with E-state index in [2.05, 4.69) is 20.3 Å². The van der Waals surface area contributed by atoms with E-state index >= 15 is 0 Å². The van der Waals surface area contributed by atoms with Gasteiger partial charge in [0.15, 0.2) is 6.35 Å². The van der Waals surface area contributed by atoms with E-state index < -0.39 is 7.60 Å². The Bertz CT molecular complexity index is 810. The first kappa shape index (κ1) is 18.3. The van der Waals surface area contributed by atoms with E-state index in [-0.39, 0.29) is 24.2 Å². The fourth-order valence-corrected chi connectivity index (χ4v) is 4.38. The fraction of sp³-hybridized carbons (Fsp3) is 0.600. The quantitative estimate of drug-likeness (QED) is 0.610. The summed E-state index contributed by atoms with van der Waals surface area (Å²) < 4.78 is 28.6. The zero-order valence-electron chi connectivity index (χ0n) is 14.3. The second kappa shape index (κ2) is 7.80. The van der Waals surface area contributed by atoms with Gasteiger partial charge < -0.3 is 23.8 Å². The molecular weight excluding hydrogens is 347 g/mol. The van der Waals surface area contributed by atoms with Gasteiger partial charge in [0.2, 0.25) is 0 Å². The Morgan fingerprint density at radius 1 is 1.24 bits per heavy atom. The van der Waals surface area contributed by atoms with Crippen molar-refractivity contribution in [2.24, 2.45) is 0 Å². The first-order chi connectivity index (χ1) is 12.1. The monoisotopic (exact) mass is 370 g/mol. The third-order valence-electron chi connectivity index (χ3n) is 4.06. The third kappa shape index (κ3) is 4.02. The maximum atomic E-state index is 12.4. The molecule has 0 aromatic carbocycles. The van der Waals surface area contributed by atoms with Gasteiger partial charge in [0, 0.05) is 17.8 Å². The minimum Gasteiger partial charge on any atom is -0.355 e. The molecule has 9 nitrogen and oxygen atoms in total. The molecule has 1 fully saturated rings. The van der Waals surface area contributed by atoms with Gasteiger partial charge in [-0.05, 0) is 26.7 Å². The molecule has 2 aromatic heterocycles. The number of fused-ring (bicyclic) bond motifs is 1. The van der Waals surface area contributed by atoms with E-state index in [0.717, 1.165) is 18.4 Å². The Hall–Kier alpha value is -1.51. The maximum Gasteiger partial charge on any atom is 0.356 e. The molecule has 3 rings (SSSR count). The van der Waals surface area contributed by atoms with Crippen LogP contribution in [-0.2, 0) is 18.3 Å². The van der Waals surface area contributed by atoms with Gasteiger partial charge in [0.05, 0.1) is 19.5 Å². The molecule has 0 aliphatic carbocycles. The molecule has 1 saturated heterocycles. The first-order valence-electron chi connectivity index (χ1n) is 8.36. The summed E-state index contributed by atoms with van der Waals surface area (Å²) in [7, 11) is -3.22.